The number of anilines is 3. The standard InChI is InChI=1S/C23H25FN6/c1-5-29(14-18-9-6-10-19(24)12-18)23-26-17(4)16(3)21(28-23)27-22-25-13-20-15(2)8-7-11-30(20)22/h6-13H,5,14H2,1-4H3,(H,25,26,27,28). The second-order valence-corrected chi connectivity index (χ2v) is 7.38. The van der Waals surface area contributed by atoms with Crippen molar-refractivity contribution in [2.75, 3.05) is 16.8 Å². The molecule has 1 aromatic carbocycles. The van der Waals surface area contributed by atoms with Crippen LogP contribution in [0.25, 0.3) is 5.52 Å². The van der Waals surface area contributed by atoms with Crippen LogP contribution in [0.1, 0.15) is 29.3 Å². The van der Waals surface area contributed by atoms with Gasteiger partial charge in [-0.25, -0.2) is 14.4 Å². The average Bonchev–Trinajstić information content (AvgIpc) is 3.14. The van der Waals surface area contributed by atoms with Crippen molar-refractivity contribution in [3.63, 3.8) is 0 Å². The number of fused-ring (bicyclic) bond motifs is 1. The molecule has 154 valence electrons. The molecule has 0 fully saturated rings. The van der Waals surface area contributed by atoms with Crippen molar-refractivity contribution < 1.29 is 4.39 Å². The molecule has 0 saturated carbocycles. The number of rotatable bonds is 6. The average molecular weight is 404 g/mol. The molecule has 0 bridgehead atoms. The Morgan fingerprint density at radius 3 is 2.70 bits per heavy atom. The van der Waals surface area contributed by atoms with Crippen LogP contribution in [0.3, 0.4) is 0 Å². The Morgan fingerprint density at radius 1 is 1.10 bits per heavy atom. The third kappa shape index (κ3) is 3.83. The highest BCUT2D eigenvalue weighted by Crippen LogP contribution is 2.25. The molecule has 6 nitrogen and oxygen atoms in total. The van der Waals surface area contributed by atoms with Crippen molar-refractivity contribution in [3.8, 4) is 0 Å². The summed E-state index contributed by atoms with van der Waals surface area (Å²) in [4.78, 5) is 16.0. The summed E-state index contributed by atoms with van der Waals surface area (Å²) < 4.78 is 15.6. The Hall–Kier alpha value is -3.48. The number of hydrogen-bond acceptors (Lipinski definition) is 5. The Balaban J connectivity index is 1.68. The van der Waals surface area contributed by atoms with Crippen LogP contribution in [-0.2, 0) is 6.54 Å². The lowest BCUT2D eigenvalue weighted by atomic mass is 10.2. The highest BCUT2D eigenvalue weighted by atomic mass is 19.1. The van der Waals surface area contributed by atoms with Crippen LogP contribution in [0.4, 0.5) is 22.1 Å². The molecular weight excluding hydrogens is 379 g/mol. The summed E-state index contributed by atoms with van der Waals surface area (Å²) in [7, 11) is 0. The van der Waals surface area contributed by atoms with Gasteiger partial charge in [0.2, 0.25) is 11.9 Å². The van der Waals surface area contributed by atoms with Gasteiger partial charge in [0.15, 0.2) is 0 Å². The first-order valence-corrected chi connectivity index (χ1v) is 10.0. The first kappa shape index (κ1) is 19.8. The number of aromatic nitrogens is 4. The Kier molecular flexibility index (Phi) is 5.35. The lowest BCUT2D eigenvalue weighted by Crippen LogP contribution is -2.25. The maximum Gasteiger partial charge on any atom is 0.227 e. The summed E-state index contributed by atoms with van der Waals surface area (Å²) in [5.74, 6) is 1.77. The van der Waals surface area contributed by atoms with E-state index < -0.39 is 0 Å². The molecule has 0 radical (unpaired) electrons. The third-order valence-corrected chi connectivity index (χ3v) is 5.32. The fourth-order valence-electron chi connectivity index (χ4n) is 3.42. The van der Waals surface area contributed by atoms with Crippen LogP contribution in [0.15, 0.2) is 48.8 Å². The molecule has 0 spiro atoms. The fourth-order valence-corrected chi connectivity index (χ4v) is 3.42. The van der Waals surface area contributed by atoms with E-state index in [0.29, 0.717) is 30.8 Å². The molecule has 30 heavy (non-hydrogen) atoms. The van der Waals surface area contributed by atoms with Gasteiger partial charge in [-0.1, -0.05) is 18.2 Å². The maximum atomic E-state index is 13.6. The first-order valence-electron chi connectivity index (χ1n) is 10.0. The molecule has 7 heteroatoms. The molecule has 0 atom stereocenters. The van der Waals surface area contributed by atoms with Gasteiger partial charge in [-0.3, -0.25) is 4.40 Å². The van der Waals surface area contributed by atoms with E-state index in [0.717, 1.165) is 27.9 Å². The van der Waals surface area contributed by atoms with E-state index in [-0.39, 0.29) is 5.82 Å². The SMILES string of the molecule is CCN(Cc1cccc(F)c1)c1nc(C)c(C)c(Nc2ncc3c(C)cccn23)n1. The van der Waals surface area contributed by atoms with Crippen molar-refractivity contribution >= 4 is 23.2 Å². The van der Waals surface area contributed by atoms with Crippen LogP contribution in [0.5, 0.6) is 0 Å². The van der Waals surface area contributed by atoms with Gasteiger partial charge in [0.05, 0.1) is 11.7 Å². The summed E-state index contributed by atoms with van der Waals surface area (Å²) in [6.45, 7) is 9.28. The molecule has 0 aliphatic carbocycles. The van der Waals surface area contributed by atoms with Crippen molar-refractivity contribution in [1.29, 1.82) is 0 Å². The van der Waals surface area contributed by atoms with Crippen molar-refractivity contribution in [3.05, 3.63) is 77.0 Å². The van der Waals surface area contributed by atoms with Gasteiger partial charge in [-0.15, -0.1) is 0 Å². The number of nitrogens with zero attached hydrogens (tertiary/aromatic N) is 5. The summed E-state index contributed by atoms with van der Waals surface area (Å²) in [5, 5.41) is 3.37. The summed E-state index contributed by atoms with van der Waals surface area (Å²) in [6, 6.07) is 10.7. The van der Waals surface area contributed by atoms with Crippen molar-refractivity contribution in [1.82, 2.24) is 19.4 Å². The topological polar surface area (TPSA) is 58.4 Å². The molecule has 0 aliphatic rings. The maximum absolute atomic E-state index is 13.6. The smallest absolute Gasteiger partial charge is 0.227 e. The minimum atomic E-state index is -0.242. The molecule has 3 heterocycles. The minimum Gasteiger partial charge on any atom is -0.337 e. The zero-order chi connectivity index (χ0) is 21.3. The van der Waals surface area contributed by atoms with Gasteiger partial charge in [-0.2, -0.15) is 4.98 Å². The molecule has 3 aromatic heterocycles. The van der Waals surface area contributed by atoms with E-state index in [1.807, 2.05) is 54.6 Å². The van der Waals surface area contributed by atoms with E-state index in [2.05, 4.69) is 28.3 Å². The summed E-state index contributed by atoms with van der Waals surface area (Å²) >= 11 is 0. The van der Waals surface area contributed by atoms with Crippen LogP contribution in [0, 0.1) is 26.6 Å². The van der Waals surface area contributed by atoms with E-state index >= 15 is 0 Å². The van der Waals surface area contributed by atoms with E-state index in [1.165, 1.54) is 6.07 Å². The molecule has 0 unspecified atom stereocenters. The Labute approximate surface area is 175 Å². The van der Waals surface area contributed by atoms with Crippen LogP contribution >= 0.6 is 0 Å². The van der Waals surface area contributed by atoms with Crippen molar-refractivity contribution in [2.45, 2.75) is 34.2 Å². The largest absolute Gasteiger partial charge is 0.337 e. The highest BCUT2D eigenvalue weighted by molar-refractivity contribution is 5.63. The number of halogens is 1. The highest BCUT2D eigenvalue weighted by Gasteiger charge is 2.15. The quantitative estimate of drug-likeness (QED) is 0.492. The monoisotopic (exact) mass is 404 g/mol. The Bertz CT molecular complexity index is 1200. The third-order valence-electron chi connectivity index (χ3n) is 5.32. The number of imidazole rings is 1. The predicted octanol–water partition coefficient (Wildman–Crippen LogP) is 4.96. The lowest BCUT2D eigenvalue weighted by Gasteiger charge is -2.23. The molecule has 4 aromatic rings. The second-order valence-electron chi connectivity index (χ2n) is 7.38. The summed E-state index contributed by atoms with van der Waals surface area (Å²) in [5.41, 5.74) is 4.93. The first-order chi connectivity index (χ1) is 14.5. The van der Waals surface area contributed by atoms with Crippen LogP contribution in [0.2, 0.25) is 0 Å². The fraction of sp³-hybridized carbons (Fsp3) is 0.261. The van der Waals surface area contributed by atoms with Crippen molar-refractivity contribution in [2.24, 2.45) is 0 Å². The van der Waals surface area contributed by atoms with Crippen LogP contribution in [-0.4, -0.2) is 25.9 Å². The summed E-state index contributed by atoms with van der Waals surface area (Å²) in [6.07, 6.45) is 3.83. The number of hydrogen-bond donors (Lipinski definition) is 1. The normalized spacial score (nSPS) is 11.1. The van der Waals surface area contributed by atoms with E-state index in [4.69, 9.17) is 4.98 Å². The van der Waals surface area contributed by atoms with Gasteiger partial charge in [0.25, 0.3) is 0 Å². The van der Waals surface area contributed by atoms with Gasteiger partial charge >= 0.3 is 0 Å². The minimum absolute atomic E-state index is 0.242. The number of benzene rings is 1. The predicted molar refractivity (Wildman–Crippen MR) is 118 cm³/mol. The van der Waals surface area contributed by atoms with Gasteiger partial charge in [-0.05, 0) is 57.0 Å². The zero-order valence-electron chi connectivity index (χ0n) is 17.6. The molecule has 0 aliphatic heterocycles. The van der Waals surface area contributed by atoms with E-state index in [1.54, 1.807) is 12.1 Å². The molecular formula is C23H25FN6. The van der Waals surface area contributed by atoms with E-state index in [9.17, 15) is 4.39 Å². The molecule has 1 N–H and O–H groups in total. The molecule has 4 rings (SSSR count). The number of aryl methyl sites for hydroxylation is 2. The number of nitrogens with one attached hydrogen (secondary N) is 1. The van der Waals surface area contributed by atoms with Gasteiger partial charge in [0, 0.05) is 30.5 Å². The number of pyridine rings is 1. The molecule has 0 amide bonds. The zero-order valence-corrected chi connectivity index (χ0v) is 17.6. The lowest BCUT2D eigenvalue weighted by molar-refractivity contribution is 0.624. The Morgan fingerprint density at radius 2 is 1.93 bits per heavy atom. The van der Waals surface area contributed by atoms with Gasteiger partial charge in [0.1, 0.15) is 11.6 Å². The van der Waals surface area contributed by atoms with Crippen LogP contribution < -0.4 is 10.2 Å². The second kappa shape index (κ2) is 8.10. The van der Waals surface area contributed by atoms with Gasteiger partial charge < -0.3 is 10.2 Å². The molecule has 0 saturated heterocycles.